The van der Waals surface area contributed by atoms with Gasteiger partial charge in [0.25, 0.3) is 5.92 Å². The Bertz CT molecular complexity index is 686. The number of imidazole rings is 1. The number of amides is 1. The topological polar surface area (TPSA) is 79.0 Å². The first kappa shape index (κ1) is 13.7. The maximum Gasteiger partial charge on any atom is 0.262 e. The molecular weight excluding hydrogens is 282 g/mol. The van der Waals surface area contributed by atoms with Gasteiger partial charge >= 0.3 is 0 Å². The van der Waals surface area contributed by atoms with Crippen molar-refractivity contribution < 1.29 is 18.3 Å². The monoisotopic (exact) mass is 296 g/mol. The van der Waals surface area contributed by atoms with Crippen LogP contribution >= 0.6 is 0 Å². The van der Waals surface area contributed by atoms with Crippen molar-refractivity contribution in [1.29, 1.82) is 0 Å². The van der Waals surface area contributed by atoms with Crippen LogP contribution in [-0.4, -0.2) is 41.5 Å². The molecule has 3 N–H and O–H groups in total. The molecule has 0 bridgehead atoms. The van der Waals surface area contributed by atoms with Crippen LogP contribution in [0.3, 0.4) is 0 Å². The lowest BCUT2D eigenvalue weighted by atomic mass is 10.2. The minimum Gasteiger partial charge on any atom is -0.497 e. The SMILES string of the molecule is COc1ccc2nc(NC(=O)[C@H]3CC(F)(F)CN3)[nH]c2c1. The normalized spacial score (nSPS) is 20.6. The first-order chi connectivity index (χ1) is 9.97. The molecule has 0 radical (unpaired) electrons. The molecule has 6 nitrogen and oxygen atoms in total. The fourth-order valence-electron chi connectivity index (χ4n) is 2.28. The Labute approximate surface area is 118 Å². The Balaban J connectivity index is 1.74. The molecule has 2 heterocycles. The molecule has 1 saturated heterocycles. The molecule has 1 aromatic carbocycles. The first-order valence-corrected chi connectivity index (χ1v) is 6.43. The molecule has 1 aromatic heterocycles. The first-order valence-electron chi connectivity index (χ1n) is 6.43. The highest BCUT2D eigenvalue weighted by Crippen LogP contribution is 2.26. The van der Waals surface area contributed by atoms with Gasteiger partial charge in [0.1, 0.15) is 5.75 Å². The van der Waals surface area contributed by atoms with Gasteiger partial charge in [0.15, 0.2) is 0 Å². The minimum absolute atomic E-state index is 0.222. The molecule has 1 amide bonds. The summed E-state index contributed by atoms with van der Waals surface area (Å²) in [5.74, 6) is -2.50. The smallest absolute Gasteiger partial charge is 0.262 e. The number of fused-ring (bicyclic) bond motifs is 1. The fraction of sp³-hybridized carbons (Fsp3) is 0.385. The summed E-state index contributed by atoms with van der Waals surface area (Å²) in [6.45, 7) is -0.484. The van der Waals surface area contributed by atoms with Gasteiger partial charge in [-0.15, -0.1) is 0 Å². The summed E-state index contributed by atoms with van der Waals surface area (Å²) in [6.07, 6.45) is -0.507. The lowest BCUT2D eigenvalue weighted by molar-refractivity contribution is -0.118. The van der Waals surface area contributed by atoms with E-state index >= 15 is 0 Å². The zero-order chi connectivity index (χ0) is 15.0. The maximum absolute atomic E-state index is 13.1. The molecule has 1 atom stereocenters. The Morgan fingerprint density at radius 3 is 3.00 bits per heavy atom. The van der Waals surface area contributed by atoms with E-state index in [4.69, 9.17) is 4.74 Å². The number of ether oxygens (including phenoxy) is 1. The van der Waals surface area contributed by atoms with E-state index < -0.39 is 30.8 Å². The number of nitrogens with zero attached hydrogens (tertiary/aromatic N) is 1. The molecule has 2 aromatic rings. The lowest BCUT2D eigenvalue weighted by Gasteiger charge is -2.09. The highest BCUT2D eigenvalue weighted by atomic mass is 19.3. The maximum atomic E-state index is 13.1. The lowest BCUT2D eigenvalue weighted by Crippen LogP contribution is -2.35. The van der Waals surface area contributed by atoms with Crippen LogP contribution in [0.4, 0.5) is 14.7 Å². The number of hydrogen-bond donors (Lipinski definition) is 3. The zero-order valence-corrected chi connectivity index (χ0v) is 11.2. The van der Waals surface area contributed by atoms with Crippen LogP contribution in [0, 0.1) is 0 Å². The van der Waals surface area contributed by atoms with E-state index in [1.165, 1.54) is 0 Å². The fourth-order valence-corrected chi connectivity index (χ4v) is 2.28. The zero-order valence-electron chi connectivity index (χ0n) is 11.2. The van der Waals surface area contributed by atoms with Crippen molar-refractivity contribution in [3.63, 3.8) is 0 Å². The number of rotatable bonds is 3. The van der Waals surface area contributed by atoms with E-state index in [-0.39, 0.29) is 5.95 Å². The summed E-state index contributed by atoms with van der Waals surface area (Å²) in [6, 6.07) is 4.30. The quantitative estimate of drug-likeness (QED) is 0.802. The van der Waals surface area contributed by atoms with Gasteiger partial charge < -0.3 is 9.72 Å². The van der Waals surface area contributed by atoms with Crippen molar-refractivity contribution in [1.82, 2.24) is 15.3 Å². The molecule has 21 heavy (non-hydrogen) atoms. The highest BCUT2D eigenvalue weighted by molar-refractivity contribution is 5.95. The van der Waals surface area contributed by atoms with Gasteiger partial charge in [-0.2, -0.15) is 0 Å². The molecule has 0 saturated carbocycles. The number of carbonyl (C=O) groups excluding carboxylic acids is 1. The summed E-state index contributed by atoms with van der Waals surface area (Å²) in [7, 11) is 1.55. The number of aromatic amines is 1. The largest absolute Gasteiger partial charge is 0.497 e. The van der Waals surface area contributed by atoms with Crippen molar-refractivity contribution in [2.24, 2.45) is 0 Å². The van der Waals surface area contributed by atoms with Crippen LogP contribution in [0.5, 0.6) is 5.75 Å². The van der Waals surface area contributed by atoms with E-state index in [0.717, 1.165) is 0 Å². The van der Waals surface area contributed by atoms with Gasteiger partial charge in [0.2, 0.25) is 11.9 Å². The summed E-state index contributed by atoms with van der Waals surface area (Å²) < 4.78 is 31.2. The molecule has 0 aliphatic carbocycles. The molecule has 1 aliphatic heterocycles. The Kier molecular flexibility index (Phi) is 3.25. The van der Waals surface area contributed by atoms with E-state index in [1.54, 1.807) is 25.3 Å². The van der Waals surface area contributed by atoms with Crippen LogP contribution in [0.25, 0.3) is 11.0 Å². The molecule has 0 unspecified atom stereocenters. The van der Waals surface area contributed by atoms with Crippen molar-refractivity contribution in [2.75, 3.05) is 19.0 Å². The molecule has 3 rings (SSSR count). The number of anilines is 1. The second-order valence-electron chi connectivity index (χ2n) is 4.95. The third kappa shape index (κ3) is 2.80. The van der Waals surface area contributed by atoms with Gasteiger partial charge in [-0.1, -0.05) is 0 Å². The number of hydrogen-bond acceptors (Lipinski definition) is 4. The van der Waals surface area contributed by atoms with Crippen LogP contribution in [-0.2, 0) is 4.79 Å². The summed E-state index contributed by atoms with van der Waals surface area (Å²) in [4.78, 5) is 19.0. The molecule has 1 aliphatic rings. The number of H-pyrrole nitrogens is 1. The van der Waals surface area contributed by atoms with Gasteiger partial charge in [0, 0.05) is 12.5 Å². The average Bonchev–Trinajstić information content (AvgIpc) is 3.00. The van der Waals surface area contributed by atoms with Gasteiger partial charge in [-0.25, -0.2) is 13.8 Å². The van der Waals surface area contributed by atoms with Gasteiger partial charge in [0.05, 0.1) is 30.7 Å². The molecule has 112 valence electrons. The van der Waals surface area contributed by atoms with Crippen LogP contribution in [0.2, 0.25) is 0 Å². The van der Waals surface area contributed by atoms with Crippen LogP contribution in [0.15, 0.2) is 18.2 Å². The average molecular weight is 296 g/mol. The van der Waals surface area contributed by atoms with Crippen molar-refractivity contribution in [3.8, 4) is 5.75 Å². The number of aromatic nitrogens is 2. The second kappa shape index (κ2) is 4.96. The van der Waals surface area contributed by atoms with Crippen LogP contribution in [0.1, 0.15) is 6.42 Å². The third-order valence-corrected chi connectivity index (χ3v) is 3.36. The minimum atomic E-state index is -2.84. The van der Waals surface area contributed by atoms with E-state index in [0.29, 0.717) is 16.8 Å². The number of nitrogens with one attached hydrogen (secondary N) is 3. The molecule has 8 heteroatoms. The van der Waals surface area contributed by atoms with Crippen molar-refractivity contribution >= 4 is 22.9 Å². The predicted molar refractivity (Wildman–Crippen MR) is 72.6 cm³/mol. The predicted octanol–water partition coefficient (Wildman–Crippen LogP) is 1.51. The number of alkyl halides is 2. The second-order valence-corrected chi connectivity index (χ2v) is 4.95. The third-order valence-electron chi connectivity index (χ3n) is 3.36. The standard InChI is InChI=1S/C13H14F2N4O2/c1-21-7-2-3-8-9(4-7)18-12(17-8)19-11(20)10-5-13(14,15)6-16-10/h2-4,10,16H,5-6H2,1H3,(H2,17,18,19,20)/t10-/m1/s1. The summed E-state index contributed by atoms with van der Waals surface area (Å²) in [5.41, 5.74) is 1.34. The number of halogens is 2. The Morgan fingerprint density at radius 2 is 2.33 bits per heavy atom. The number of methoxy groups -OCH3 is 1. The van der Waals surface area contributed by atoms with E-state index in [2.05, 4.69) is 20.6 Å². The summed E-state index contributed by atoms with van der Waals surface area (Å²) >= 11 is 0. The molecule has 1 fully saturated rings. The van der Waals surface area contributed by atoms with Gasteiger partial charge in [-0.3, -0.25) is 15.4 Å². The molecular formula is C13H14F2N4O2. The Morgan fingerprint density at radius 1 is 1.52 bits per heavy atom. The van der Waals surface area contributed by atoms with E-state index in [1.807, 2.05) is 0 Å². The van der Waals surface area contributed by atoms with Crippen molar-refractivity contribution in [2.45, 2.75) is 18.4 Å². The highest BCUT2D eigenvalue weighted by Gasteiger charge is 2.42. The van der Waals surface area contributed by atoms with Crippen LogP contribution < -0.4 is 15.4 Å². The van der Waals surface area contributed by atoms with Gasteiger partial charge in [-0.05, 0) is 12.1 Å². The van der Waals surface area contributed by atoms with Crippen molar-refractivity contribution in [3.05, 3.63) is 18.2 Å². The molecule has 0 spiro atoms. The van der Waals surface area contributed by atoms with E-state index in [9.17, 15) is 13.6 Å². The summed E-state index contributed by atoms with van der Waals surface area (Å²) in [5, 5.41) is 5.00. The number of benzene rings is 1. The Hall–Kier alpha value is -2.22. The number of carbonyl (C=O) groups is 1.